The highest BCUT2D eigenvalue weighted by Crippen LogP contribution is 2.39. The summed E-state index contributed by atoms with van der Waals surface area (Å²) < 4.78 is 27.5. The van der Waals surface area contributed by atoms with Gasteiger partial charge in [-0.25, -0.2) is 18.4 Å². The first-order valence-electron chi connectivity index (χ1n) is 12.6. The van der Waals surface area contributed by atoms with Gasteiger partial charge in [-0.2, -0.15) is 0 Å². The van der Waals surface area contributed by atoms with Gasteiger partial charge in [-0.3, -0.25) is 4.79 Å². The summed E-state index contributed by atoms with van der Waals surface area (Å²) in [5, 5.41) is 3.28. The number of hydrogen-bond acceptors (Lipinski definition) is 7. The number of hydrogen-bond donors (Lipinski definition) is 2. The molecule has 1 unspecified atom stereocenters. The maximum atomic E-state index is 13.7. The Hall–Kier alpha value is -2.68. The van der Waals surface area contributed by atoms with E-state index in [1.54, 1.807) is 12.1 Å². The van der Waals surface area contributed by atoms with Crippen LogP contribution >= 0.6 is 0 Å². The largest absolute Gasteiger partial charge is 0.367 e. The van der Waals surface area contributed by atoms with E-state index < -0.39 is 15.7 Å². The number of nitrogens with one attached hydrogen (secondary N) is 1. The van der Waals surface area contributed by atoms with Gasteiger partial charge in [-0.05, 0) is 70.1 Å². The van der Waals surface area contributed by atoms with E-state index in [4.69, 9.17) is 5.73 Å². The van der Waals surface area contributed by atoms with E-state index >= 15 is 0 Å². The Labute approximate surface area is 208 Å². The van der Waals surface area contributed by atoms with Crippen molar-refractivity contribution in [3.8, 4) is 0 Å². The zero-order chi connectivity index (χ0) is 25.4. The third-order valence-electron chi connectivity index (χ3n) is 7.49. The molecular weight excluding hydrogens is 462 g/mol. The molecular formula is C26H37N5O3S. The van der Waals surface area contributed by atoms with Crippen LogP contribution in [0, 0.1) is 11.8 Å². The molecule has 9 heteroatoms. The van der Waals surface area contributed by atoms with Crippen LogP contribution in [0.4, 0.5) is 11.6 Å². The van der Waals surface area contributed by atoms with Crippen LogP contribution in [0.15, 0.2) is 40.4 Å². The first kappa shape index (κ1) is 25.4. The Morgan fingerprint density at radius 3 is 2.54 bits per heavy atom. The van der Waals surface area contributed by atoms with E-state index in [9.17, 15) is 13.2 Å². The molecule has 2 fully saturated rings. The van der Waals surface area contributed by atoms with Crippen LogP contribution in [-0.2, 0) is 9.84 Å². The average molecular weight is 500 g/mol. The van der Waals surface area contributed by atoms with Crippen molar-refractivity contribution < 1.29 is 13.2 Å². The van der Waals surface area contributed by atoms with Crippen LogP contribution in [-0.4, -0.2) is 42.4 Å². The Bertz CT molecular complexity index is 1190. The van der Waals surface area contributed by atoms with Crippen molar-refractivity contribution in [3.05, 3.63) is 36.0 Å². The minimum atomic E-state index is -4.12. The van der Waals surface area contributed by atoms with E-state index in [-0.39, 0.29) is 27.1 Å². The Balaban J connectivity index is 1.70. The molecule has 4 rings (SSSR count). The van der Waals surface area contributed by atoms with Gasteiger partial charge in [0, 0.05) is 24.3 Å². The van der Waals surface area contributed by atoms with Crippen molar-refractivity contribution in [2.75, 3.05) is 16.8 Å². The fraction of sp³-hybridized carbons (Fsp3) is 0.577. The summed E-state index contributed by atoms with van der Waals surface area (Å²) >= 11 is 0. The Morgan fingerprint density at radius 1 is 1.20 bits per heavy atom. The number of primary amides is 1. The van der Waals surface area contributed by atoms with E-state index in [0.717, 1.165) is 6.42 Å². The van der Waals surface area contributed by atoms with Gasteiger partial charge in [0.15, 0.2) is 5.03 Å². The van der Waals surface area contributed by atoms with Gasteiger partial charge in [0.25, 0.3) is 5.91 Å². The maximum Gasteiger partial charge on any atom is 0.253 e. The molecule has 3 N–H and O–H groups in total. The van der Waals surface area contributed by atoms with Gasteiger partial charge in [-0.1, -0.05) is 32.3 Å². The molecule has 1 saturated carbocycles. The molecule has 3 heterocycles. The number of sulfone groups is 1. The van der Waals surface area contributed by atoms with Gasteiger partial charge < -0.3 is 16.0 Å². The third kappa shape index (κ3) is 5.15. The van der Waals surface area contributed by atoms with Crippen molar-refractivity contribution in [2.45, 2.75) is 87.7 Å². The summed E-state index contributed by atoms with van der Waals surface area (Å²) in [6.07, 6.45) is 8.40. The Kier molecular flexibility index (Phi) is 7.09. The fourth-order valence-corrected chi connectivity index (χ4v) is 7.20. The second-order valence-corrected chi connectivity index (χ2v) is 12.7. The lowest BCUT2D eigenvalue weighted by Crippen LogP contribution is -2.40. The summed E-state index contributed by atoms with van der Waals surface area (Å²) in [6.45, 7) is 9.05. The lowest BCUT2D eigenvalue weighted by molar-refractivity contribution is 0.0997. The second-order valence-electron chi connectivity index (χ2n) is 10.8. The van der Waals surface area contributed by atoms with Crippen molar-refractivity contribution >= 4 is 27.4 Å². The molecule has 0 radical (unpaired) electrons. The highest BCUT2D eigenvalue weighted by Gasteiger charge is 2.40. The first-order valence-corrected chi connectivity index (χ1v) is 14.0. The summed E-state index contributed by atoms with van der Waals surface area (Å²) in [5.41, 5.74) is 5.40. The van der Waals surface area contributed by atoms with Gasteiger partial charge in [0.2, 0.25) is 9.84 Å². The van der Waals surface area contributed by atoms with Crippen molar-refractivity contribution in [1.82, 2.24) is 9.97 Å². The number of carbonyl (C=O) groups excluding carboxylic acids is 1. The predicted octanol–water partition coefficient (Wildman–Crippen LogP) is 4.41. The Morgan fingerprint density at radius 2 is 1.91 bits per heavy atom. The number of nitrogens with two attached hydrogens (primary N) is 1. The normalized spacial score (nSPS) is 21.6. The molecule has 2 atom stereocenters. The minimum absolute atomic E-state index is 0.0783. The van der Waals surface area contributed by atoms with Crippen LogP contribution in [0.1, 0.15) is 76.6 Å². The van der Waals surface area contributed by atoms with Crippen LogP contribution < -0.4 is 16.0 Å². The van der Waals surface area contributed by atoms with Gasteiger partial charge in [0.05, 0.1) is 4.90 Å². The quantitative estimate of drug-likeness (QED) is 0.579. The number of amides is 1. The molecule has 1 amide bonds. The van der Waals surface area contributed by atoms with Gasteiger partial charge >= 0.3 is 0 Å². The number of rotatable bonds is 7. The number of pyridine rings is 2. The molecule has 0 spiro atoms. The van der Waals surface area contributed by atoms with Crippen LogP contribution in [0.2, 0.25) is 0 Å². The molecule has 8 nitrogen and oxygen atoms in total. The van der Waals surface area contributed by atoms with E-state index in [2.05, 4.69) is 43.0 Å². The number of carbonyl (C=O) groups is 1. The van der Waals surface area contributed by atoms with E-state index in [1.165, 1.54) is 50.4 Å². The van der Waals surface area contributed by atoms with Crippen molar-refractivity contribution in [3.63, 3.8) is 0 Å². The lowest BCUT2D eigenvalue weighted by atomic mass is 9.84. The summed E-state index contributed by atoms with van der Waals surface area (Å²) in [6, 6.07) is 6.44. The molecule has 1 aliphatic carbocycles. The topological polar surface area (TPSA) is 118 Å². The molecule has 0 bridgehead atoms. The van der Waals surface area contributed by atoms with Crippen LogP contribution in [0.5, 0.6) is 0 Å². The van der Waals surface area contributed by atoms with Gasteiger partial charge in [-0.15, -0.1) is 0 Å². The highest BCUT2D eigenvalue weighted by molar-refractivity contribution is 7.91. The summed E-state index contributed by atoms with van der Waals surface area (Å²) in [4.78, 5) is 23.3. The van der Waals surface area contributed by atoms with Crippen LogP contribution in [0.25, 0.3) is 0 Å². The van der Waals surface area contributed by atoms with Crippen molar-refractivity contribution in [1.29, 1.82) is 0 Å². The molecule has 0 aromatic carbocycles. The monoisotopic (exact) mass is 499 g/mol. The van der Waals surface area contributed by atoms with E-state index in [0.29, 0.717) is 30.0 Å². The van der Waals surface area contributed by atoms with Crippen molar-refractivity contribution in [2.24, 2.45) is 17.6 Å². The molecule has 1 saturated heterocycles. The summed E-state index contributed by atoms with van der Waals surface area (Å²) in [7, 11) is -4.12. The molecule has 2 aliphatic rings. The zero-order valence-corrected chi connectivity index (χ0v) is 21.9. The van der Waals surface area contributed by atoms with Gasteiger partial charge in [0.1, 0.15) is 17.2 Å². The molecule has 1 aliphatic heterocycles. The molecule has 35 heavy (non-hydrogen) atoms. The zero-order valence-electron chi connectivity index (χ0n) is 21.1. The minimum Gasteiger partial charge on any atom is -0.367 e. The van der Waals surface area contributed by atoms with E-state index in [1.807, 2.05) is 4.90 Å². The third-order valence-corrected chi connectivity index (χ3v) is 9.19. The number of anilines is 2. The average Bonchev–Trinajstić information content (AvgIpc) is 3.10. The lowest BCUT2D eigenvalue weighted by Gasteiger charge is -2.33. The maximum absolute atomic E-state index is 13.7. The SMILES string of the molecule is CC1CN(c2nccc(S(=O)(=O)c3cccc(N[C@H](C)C4CCCCC4)n3)c2C(N)=O)C(C)(C)C1. The smallest absolute Gasteiger partial charge is 0.253 e. The summed E-state index contributed by atoms with van der Waals surface area (Å²) in [5.74, 6) is 0.925. The highest BCUT2D eigenvalue weighted by atomic mass is 32.2. The molecule has 2 aromatic heterocycles. The first-order chi connectivity index (χ1) is 16.5. The number of aromatic nitrogens is 2. The molecule has 190 valence electrons. The number of nitrogens with zero attached hydrogens (tertiary/aromatic N) is 3. The molecule has 2 aromatic rings. The predicted molar refractivity (Wildman–Crippen MR) is 137 cm³/mol. The second kappa shape index (κ2) is 9.76. The van der Waals surface area contributed by atoms with Crippen LogP contribution in [0.3, 0.4) is 0 Å². The standard InChI is InChI=1S/C26H37N5O3S/c1-17-15-26(3,4)31(16-17)25-23(24(27)32)20(13-14-28-25)35(33,34)22-12-8-11-21(30-22)29-18(2)19-9-6-5-7-10-19/h8,11-14,17-19H,5-7,9-10,15-16H2,1-4H3,(H2,27,32)(H,29,30)/t17?,18-/m1/s1. The fourth-order valence-electron chi connectivity index (χ4n) is 5.80.